The smallest absolute Gasteiger partial charge is 0.138 e. The molecule has 0 aliphatic rings. The molecule has 0 bridgehead atoms. The van der Waals surface area contributed by atoms with Crippen molar-refractivity contribution >= 4 is 0 Å². The molecular weight excluding hydrogens is 252 g/mol. The number of rotatable bonds is 6. The van der Waals surface area contributed by atoms with E-state index in [2.05, 4.69) is 27.5 Å². The molecule has 5 heteroatoms. The van der Waals surface area contributed by atoms with Crippen LogP contribution in [0.1, 0.15) is 31.3 Å². The molecule has 0 fully saturated rings. The summed E-state index contributed by atoms with van der Waals surface area (Å²) in [4.78, 5) is 4.28. The van der Waals surface area contributed by atoms with Crippen LogP contribution in [-0.4, -0.2) is 27.9 Å². The standard InChI is InChI=1S/C15H22N4O/c1-11(2)20-13-7-5-6-12(8-13)14(16-3)9-15-17-10-18-19(15)4/h5-8,10-11,14,16H,9H2,1-4H3. The van der Waals surface area contributed by atoms with Crippen molar-refractivity contribution in [3.05, 3.63) is 42.0 Å². The molecule has 2 rings (SSSR count). The molecule has 108 valence electrons. The molecule has 0 spiro atoms. The van der Waals surface area contributed by atoms with E-state index in [1.54, 1.807) is 11.0 Å². The molecule has 0 amide bonds. The summed E-state index contributed by atoms with van der Waals surface area (Å²) in [5, 5.41) is 7.44. The Hall–Kier alpha value is -1.88. The number of likely N-dealkylation sites (N-methyl/N-ethyl adjacent to an activating group) is 1. The van der Waals surface area contributed by atoms with Gasteiger partial charge >= 0.3 is 0 Å². The van der Waals surface area contributed by atoms with Gasteiger partial charge in [0.05, 0.1) is 6.10 Å². The molecule has 1 heterocycles. The molecule has 0 saturated carbocycles. The average molecular weight is 274 g/mol. The van der Waals surface area contributed by atoms with Crippen molar-refractivity contribution in [3.63, 3.8) is 0 Å². The van der Waals surface area contributed by atoms with Crippen LogP contribution in [0, 0.1) is 0 Å². The molecule has 0 aliphatic carbocycles. The summed E-state index contributed by atoms with van der Waals surface area (Å²) in [5.41, 5.74) is 1.19. The van der Waals surface area contributed by atoms with Gasteiger partial charge in [-0.25, -0.2) is 4.98 Å². The third-order valence-corrected chi connectivity index (χ3v) is 3.17. The average Bonchev–Trinajstić information content (AvgIpc) is 2.81. The first-order valence-corrected chi connectivity index (χ1v) is 6.87. The maximum Gasteiger partial charge on any atom is 0.138 e. The van der Waals surface area contributed by atoms with Gasteiger partial charge in [-0.15, -0.1) is 0 Å². The number of hydrogen-bond donors (Lipinski definition) is 1. The molecule has 1 unspecified atom stereocenters. The third-order valence-electron chi connectivity index (χ3n) is 3.17. The maximum absolute atomic E-state index is 5.75. The van der Waals surface area contributed by atoms with Gasteiger partial charge in [-0.3, -0.25) is 4.68 Å². The first-order chi connectivity index (χ1) is 9.60. The van der Waals surface area contributed by atoms with Crippen molar-refractivity contribution in [2.45, 2.75) is 32.4 Å². The van der Waals surface area contributed by atoms with Crippen molar-refractivity contribution in [2.75, 3.05) is 7.05 Å². The zero-order valence-electron chi connectivity index (χ0n) is 12.5. The molecule has 1 N–H and O–H groups in total. The topological polar surface area (TPSA) is 52.0 Å². The van der Waals surface area contributed by atoms with Crippen LogP contribution in [0.25, 0.3) is 0 Å². The zero-order chi connectivity index (χ0) is 14.5. The number of aromatic nitrogens is 3. The molecule has 1 aromatic heterocycles. The lowest BCUT2D eigenvalue weighted by Crippen LogP contribution is -2.20. The van der Waals surface area contributed by atoms with Crippen LogP contribution in [0.4, 0.5) is 0 Å². The van der Waals surface area contributed by atoms with Crippen molar-refractivity contribution in [3.8, 4) is 5.75 Å². The fourth-order valence-corrected chi connectivity index (χ4v) is 2.15. The number of nitrogens with zero attached hydrogens (tertiary/aromatic N) is 3. The summed E-state index contributed by atoms with van der Waals surface area (Å²) in [6, 6.07) is 8.38. The van der Waals surface area contributed by atoms with Crippen molar-refractivity contribution < 1.29 is 4.74 Å². The largest absolute Gasteiger partial charge is 0.491 e. The first-order valence-electron chi connectivity index (χ1n) is 6.87. The maximum atomic E-state index is 5.75. The van der Waals surface area contributed by atoms with Gasteiger partial charge in [-0.2, -0.15) is 5.10 Å². The monoisotopic (exact) mass is 274 g/mol. The summed E-state index contributed by atoms with van der Waals surface area (Å²) in [6.07, 6.45) is 2.55. The second-order valence-corrected chi connectivity index (χ2v) is 5.08. The van der Waals surface area contributed by atoms with Crippen LogP contribution >= 0.6 is 0 Å². The Morgan fingerprint density at radius 3 is 2.75 bits per heavy atom. The van der Waals surface area contributed by atoms with Gasteiger partial charge in [-0.1, -0.05) is 12.1 Å². The Morgan fingerprint density at radius 2 is 2.15 bits per heavy atom. The molecule has 2 aromatic rings. The lowest BCUT2D eigenvalue weighted by Gasteiger charge is -2.18. The van der Waals surface area contributed by atoms with Gasteiger partial charge in [-0.05, 0) is 38.6 Å². The lowest BCUT2D eigenvalue weighted by atomic mass is 10.0. The number of nitrogens with one attached hydrogen (secondary N) is 1. The Kier molecular flexibility index (Phi) is 4.74. The van der Waals surface area contributed by atoms with Crippen molar-refractivity contribution in [1.29, 1.82) is 0 Å². The van der Waals surface area contributed by atoms with E-state index >= 15 is 0 Å². The predicted octanol–water partition coefficient (Wildman–Crippen LogP) is 2.11. The van der Waals surface area contributed by atoms with Crippen molar-refractivity contribution in [2.24, 2.45) is 7.05 Å². The van der Waals surface area contributed by atoms with E-state index in [0.29, 0.717) is 0 Å². The van der Waals surface area contributed by atoms with E-state index in [4.69, 9.17) is 4.74 Å². The highest BCUT2D eigenvalue weighted by atomic mass is 16.5. The second kappa shape index (κ2) is 6.52. The summed E-state index contributed by atoms with van der Waals surface area (Å²) >= 11 is 0. The highest BCUT2D eigenvalue weighted by molar-refractivity contribution is 5.31. The van der Waals surface area contributed by atoms with E-state index in [0.717, 1.165) is 18.0 Å². The Balaban J connectivity index is 2.17. The third kappa shape index (κ3) is 3.57. The van der Waals surface area contributed by atoms with Crippen LogP contribution in [0.5, 0.6) is 5.75 Å². The quantitative estimate of drug-likeness (QED) is 0.876. The number of ether oxygens (including phenoxy) is 1. The SMILES string of the molecule is CNC(Cc1ncnn1C)c1cccc(OC(C)C)c1. The first kappa shape index (κ1) is 14.5. The minimum atomic E-state index is 0.178. The molecule has 1 atom stereocenters. The van der Waals surface area contributed by atoms with E-state index in [-0.39, 0.29) is 12.1 Å². The zero-order valence-corrected chi connectivity index (χ0v) is 12.5. The van der Waals surface area contributed by atoms with Crippen LogP contribution in [-0.2, 0) is 13.5 Å². The van der Waals surface area contributed by atoms with E-state index in [1.165, 1.54) is 5.56 Å². The van der Waals surface area contributed by atoms with Gasteiger partial charge < -0.3 is 10.1 Å². The minimum absolute atomic E-state index is 0.178. The molecular formula is C15H22N4O. The second-order valence-electron chi connectivity index (χ2n) is 5.08. The normalized spacial score (nSPS) is 12.7. The summed E-state index contributed by atoms with van der Waals surface area (Å²) in [6.45, 7) is 4.06. The molecule has 0 radical (unpaired) electrons. The summed E-state index contributed by atoms with van der Waals surface area (Å²) in [5.74, 6) is 1.86. The molecule has 1 aromatic carbocycles. The van der Waals surface area contributed by atoms with Gasteiger partial charge in [0.2, 0.25) is 0 Å². The Labute approximate surface area is 120 Å². The van der Waals surface area contributed by atoms with E-state index < -0.39 is 0 Å². The number of benzene rings is 1. The fraction of sp³-hybridized carbons (Fsp3) is 0.467. The van der Waals surface area contributed by atoms with Crippen LogP contribution in [0.3, 0.4) is 0 Å². The molecule has 5 nitrogen and oxygen atoms in total. The minimum Gasteiger partial charge on any atom is -0.491 e. The Morgan fingerprint density at radius 1 is 1.35 bits per heavy atom. The summed E-state index contributed by atoms with van der Waals surface area (Å²) < 4.78 is 7.55. The highest BCUT2D eigenvalue weighted by Gasteiger charge is 2.14. The van der Waals surface area contributed by atoms with Gasteiger partial charge in [0.15, 0.2) is 0 Å². The van der Waals surface area contributed by atoms with Gasteiger partial charge in [0.25, 0.3) is 0 Å². The van der Waals surface area contributed by atoms with Crippen molar-refractivity contribution in [1.82, 2.24) is 20.1 Å². The lowest BCUT2D eigenvalue weighted by molar-refractivity contribution is 0.242. The van der Waals surface area contributed by atoms with E-state index in [9.17, 15) is 0 Å². The summed E-state index contributed by atoms with van der Waals surface area (Å²) in [7, 11) is 3.87. The number of hydrogen-bond acceptors (Lipinski definition) is 4. The number of aryl methyl sites for hydroxylation is 1. The van der Waals surface area contributed by atoms with Crippen LogP contribution < -0.4 is 10.1 Å². The van der Waals surface area contributed by atoms with E-state index in [1.807, 2.05) is 40.1 Å². The predicted molar refractivity (Wildman–Crippen MR) is 78.7 cm³/mol. The fourth-order valence-electron chi connectivity index (χ4n) is 2.15. The molecule has 0 saturated heterocycles. The molecule has 20 heavy (non-hydrogen) atoms. The van der Waals surface area contributed by atoms with Gasteiger partial charge in [0.1, 0.15) is 17.9 Å². The highest BCUT2D eigenvalue weighted by Crippen LogP contribution is 2.22. The Bertz CT molecular complexity index is 550. The van der Waals surface area contributed by atoms with Gasteiger partial charge in [0, 0.05) is 19.5 Å². The molecule has 0 aliphatic heterocycles. The van der Waals surface area contributed by atoms with Crippen LogP contribution in [0.2, 0.25) is 0 Å². The van der Waals surface area contributed by atoms with Crippen LogP contribution in [0.15, 0.2) is 30.6 Å².